The summed E-state index contributed by atoms with van der Waals surface area (Å²) in [5.74, 6) is 0. The van der Waals surface area contributed by atoms with Crippen LogP contribution in [0, 0.1) is 0 Å². The normalized spacial score (nSPS) is 11.5. The molecule has 0 aliphatic rings. The molecule has 126 valence electrons. The molecule has 0 aliphatic heterocycles. The minimum Gasteiger partial charge on any atom is -0.338 e. The van der Waals surface area contributed by atoms with Crippen LogP contribution in [0.4, 0.5) is 4.79 Å². The van der Waals surface area contributed by atoms with Gasteiger partial charge in [0.15, 0.2) is 0 Å². The molecule has 5 nitrogen and oxygen atoms in total. The first-order chi connectivity index (χ1) is 12.3. The summed E-state index contributed by atoms with van der Waals surface area (Å²) in [4.78, 5) is 20.6. The Balaban J connectivity index is 1.63. The molecule has 1 atom stereocenters. The zero-order valence-corrected chi connectivity index (χ0v) is 13.8. The average molecular weight is 332 g/mol. The summed E-state index contributed by atoms with van der Waals surface area (Å²) in [6, 6.07) is 19.0. The first kappa shape index (κ1) is 16.6. The van der Waals surface area contributed by atoms with Gasteiger partial charge < -0.3 is 10.6 Å². The van der Waals surface area contributed by atoms with Gasteiger partial charge in [0.2, 0.25) is 0 Å². The molecule has 0 fully saturated rings. The number of pyridine rings is 2. The number of nitrogens with zero attached hydrogens (tertiary/aromatic N) is 2. The van der Waals surface area contributed by atoms with Gasteiger partial charge in [0.1, 0.15) is 0 Å². The lowest BCUT2D eigenvalue weighted by Crippen LogP contribution is -2.39. The van der Waals surface area contributed by atoms with Crippen molar-refractivity contribution in [2.75, 3.05) is 6.54 Å². The quantitative estimate of drug-likeness (QED) is 0.729. The van der Waals surface area contributed by atoms with Crippen LogP contribution >= 0.6 is 0 Å². The highest BCUT2D eigenvalue weighted by atomic mass is 16.2. The van der Waals surface area contributed by atoms with E-state index in [1.807, 2.05) is 60.7 Å². The zero-order valence-electron chi connectivity index (χ0n) is 13.8. The van der Waals surface area contributed by atoms with E-state index in [4.69, 9.17) is 0 Å². The summed E-state index contributed by atoms with van der Waals surface area (Å²) < 4.78 is 0. The van der Waals surface area contributed by atoms with Crippen LogP contribution in [0.15, 0.2) is 79.3 Å². The number of hydrogen-bond donors (Lipinski definition) is 2. The molecular formula is C20H20N4O. The fourth-order valence-electron chi connectivity index (χ4n) is 2.59. The predicted octanol–water partition coefficient (Wildman–Crippen LogP) is 3.11. The van der Waals surface area contributed by atoms with Crippen molar-refractivity contribution in [1.82, 2.24) is 20.6 Å². The van der Waals surface area contributed by atoms with Crippen LogP contribution in [0.5, 0.6) is 0 Å². The SMILES string of the molecule is O=C(NCCc1ccccn1)N[C@H](c1ccccc1)c1ccncc1. The predicted molar refractivity (Wildman–Crippen MR) is 97.0 cm³/mol. The Morgan fingerprint density at radius 2 is 1.60 bits per heavy atom. The van der Waals surface area contributed by atoms with E-state index in [9.17, 15) is 4.79 Å². The van der Waals surface area contributed by atoms with Crippen molar-refractivity contribution in [3.8, 4) is 0 Å². The molecule has 3 aromatic rings. The van der Waals surface area contributed by atoms with E-state index in [1.165, 1.54) is 0 Å². The molecule has 25 heavy (non-hydrogen) atoms. The maximum absolute atomic E-state index is 12.3. The first-order valence-corrected chi connectivity index (χ1v) is 8.22. The smallest absolute Gasteiger partial charge is 0.315 e. The Hall–Kier alpha value is -3.21. The Labute approximate surface area is 147 Å². The number of carbonyl (C=O) groups excluding carboxylic acids is 1. The molecule has 0 saturated heterocycles. The molecule has 2 aromatic heterocycles. The van der Waals surface area contributed by atoms with E-state index < -0.39 is 0 Å². The van der Waals surface area contributed by atoms with Crippen LogP contribution in [-0.4, -0.2) is 22.5 Å². The summed E-state index contributed by atoms with van der Waals surface area (Å²) in [6.07, 6.45) is 5.90. The molecule has 2 amide bonds. The van der Waals surface area contributed by atoms with Crippen LogP contribution in [0.3, 0.4) is 0 Å². The van der Waals surface area contributed by atoms with Crippen molar-refractivity contribution in [2.45, 2.75) is 12.5 Å². The van der Waals surface area contributed by atoms with Crippen molar-refractivity contribution < 1.29 is 4.79 Å². The second-order valence-electron chi connectivity index (χ2n) is 5.60. The van der Waals surface area contributed by atoms with Gasteiger partial charge in [0, 0.05) is 37.3 Å². The Morgan fingerprint density at radius 1 is 0.880 bits per heavy atom. The molecule has 0 aliphatic carbocycles. The van der Waals surface area contributed by atoms with Crippen LogP contribution in [-0.2, 0) is 6.42 Å². The van der Waals surface area contributed by atoms with Gasteiger partial charge in [0.25, 0.3) is 0 Å². The minimum atomic E-state index is -0.223. The molecular weight excluding hydrogens is 312 g/mol. The highest BCUT2D eigenvalue weighted by Gasteiger charge is 2.16. The number of amides is 2. The number of rotatable bonds is 6. The minimum absolute atomic E-state index is 0.207. The molecule has 0 spiro atoms. The number of carbonyl (C=O) groups is 1. The number of nitrogens with one attached hydrogen (secondary N) is 2. The van der Waals surface area contributed by atoms with Crippen molar-refractivity contribution >= 4 is 6.03 Å². The highest BCUT2D eigenvalue weighted by Crippen LogP contribution is 2.21. The van der Waals surface area contributed by atoms with Gasteiger partial charge in [-0.2, -0.15) is 0 Å². The van der Waals surface area contributed by atoms with Gasteiger partial charge in [-0.1, -0.05) is 36.4 Å². The average Bonchev–Trinajstić information content (AvgIpc) is 2.68. The number of aromatic nitrogens is 2. The standard InChI is InChI=1S/C20H20N4O/c25-20(23-15-11-18-8-4-5-12-22-18)24-19(16-6-2-1-3-7-16)17-9-13-21-14-10-17/h1-10,12-14,19H,11,15H2,(H2,23,24,25)/t19-/m1/s1. The van der Waals surface area contributed by atoms with Crippen LogP contribution in [0.1, 0.15) is 22.9 Å². The van der Waals surface area contributed by atoms with E-state index >= 15 is 0 Å². The molecule has 1 aromatic carbocycles. The van der Waals surface area contributed by atoms with Crippen molar-refractivity contribution in [3.05, 3.63) is 96.1 Å². The Morgan fingerprint density at radius 3 is 2.32 bits per heavy atom. The molecule has 5 heteroatoms. The van der Waals surface area contributed by atoms with Gasteiger partial charge in [0.05, 0.1) is 6.04 Å². The van der Waals surface area contributed by atoms with Gasteiger partial charge >= 0.3 is 6.03 Å². The molecule has 2 N–H and O–H groups in total. The number of hydrogen-bond acceptors (Lipinski definition) is 3. The molecule has 0 saturated carbocycles. The third kappa shape index (κ3) is 4.88. The van der Waals surface area contributed by atoms with Crippen molar-refractivity contribution in [3.63, 3.8) is 0 Å². The molecule has 2 heterocycles. The zero-order chi connectivity index (χ0) is 17.3. The molecule has 0 radical (unpaired) electrons. The molecule has 0 unspecified atom stereocenters. The van der Waals surface area contributed by atoms with Gasteiger partial charge in [-0.25, -0.2) is 4.79 Å². The fraction of sp³-hybridized carbons (Fsp3) is 0.150. The summed E-state index contributed by atoms with van der Waals surface area (Å²) in [7, 11) is 0. The topological polar surface area (TPSA) is 66.9 Å². The lowest BCUT2D eigenvalue weighted by Gasteiger charge is -2.20. The fourth-order valence-corrected chi connectivity index (χ4v) is 2.59. The molecule has 3 rings (SSSR count). The van der Waals surface area contributed by atoms with E-state index in [0.717, 1.165) is 16.8 Å². The summed E-state index contributed by atoms with van der Waals surface area (Å²) >= 11 is 0. The monoisotopic (exact) mass is 332 g/mol. The third-order valence-electron chi connectivity index (χ3n) is 3.84. The van der Waals surface area contributed by atoms with E-state index in [2.05, 4.69) is 20.6 Å². The van der Waals surface area contributed by atoms with Gasteiger partial charge in [-0.3, -0.25) is 9.97 Å². The maximum atomic E-state index is 12.3. The van der Waals surface area contributed by atoms with E-state index in [0.29, 0.717) is 13.0 Å². The van der Waals surface area contributed by atoms with E-state index in [1.54, 1.807) is 18.6 Å². The number of urea groups is 1. The lowest BCUT2D eigenvalue weighted by atomic mass is 10.00. The summed E-state index contributed by atoms with van der Waals surface area (Å²) in [6.45, 7) is 0.528. The second-order valence-corrected chi connectivity index (χ2v) is 5.60. The summed E-state index contributed by atoms with van der Waals surface area (Å²) in [5, 5.41) is 5.93. The Kier molecular flexibility index (Phi) is 5.72. The maximum Gasteiger partial charge on any atom is 0.315 e. The summed E-state index contributed by atoms with van der Waals surface area (Å²) in [5.41, 5.74) is 2.96. The van der Waals surface area contributed by atoms with Crippen molar-refractivity contribution in [1.29, 1.82) is 0 Å². The largest absolute Gasteiger partial charge is 0.338 e. The number of benzene rings is 1. The van der Waals surface area contributed by atoms with Gasteiger partial charge in [-0.15, -0.1) is 0 Å². The van der Waals surface area contributed by atoms with Gasteiger partial charge in [-0.05, 0) is 35.4 Å². The Bertz CT molecular complexity index is 739. The van der Waals surface area contributed by atoms with Crippen molar-refractivity contribution in [2.24, 2.45) is 0 Å². The molecule has 0 bridgehead atoms. The lowest BCUT2D eigenvalue weighted by molar-refractivity contribution is 0.239. The first-order valence-electron chi connectivity index (χ1n) is 8.22. The van der Waals surface area contributed by atoms with Crippen LogP contribution < -0.4 is 10.6 Å². The van der Waals surface area contributed by atoms with Crippen LogP contribution in [0.25, 0.3) is 0 Å². The second kappa shape index (κ2) is 8.59. The van der Waals surface area contributed by atoms with Crippen LogP contribution in [0.2, 0.25) is 0 Å². The highest BCUT2D eigenvalue weighted by molar-refractivity contribution is 5.75. The third-order valence-corrected chi connectivity index (χ3v) is 3.84. The van der Waals surface area contributed by atoms with E-state index in [-0.39, 0.29) is 12.1 Å².